The molecular formula is C40H34N4O6S3. The normalized spacial score (nSPS) is 11.6. The van der Waals surface area contributed by atoms with E-state index in [4.69, 9.17) is 14.2 Å². The Balaban J connectivity index is 1.21. The molecule has 6 rings (SSSR count). The van der Waals surface area contributed by atoms with E-state index in [0.717, 1.165) is 21.0 Å². The van der Waals surface area contributed by atoms with E-state index < -0.39 is 17.1 Å². The highest BCUT2D eigenvalue weighted by Crippen LogP contribution is 2.39. The van der Waals surface area contributed by atoms with Gasteiger partial charge in [0, 0.05) is 21.5 Å². The average molecular weight is 763 g/mol. The third-order valence-electron chi connectivity index (χ3n) is 7.74. The lowest BCUT2D eigenvalue weighted by atomic mass is 10.1. The first-order valence-electron chi connectivity index (χ1n) is 16.2. The van der Waals surface area contributed by atoms with Crippen LogP contribution in [-0.4, -0.2) is 44.0 Å². The lowest BCUT2D eigenvalue weighted by Gasteiger charge is -2.17. The van der Waals surface area contributed by atoms with Gasteiger partial charge in [-0.25, -0.2) is 4.98 Å². The van der Waals surface area contributed by atoms with Crippen molar-refractivity contribution in [3.63, 3.8) is 0 Å². The smallest absolute Gasteiger partial charge is 0.272 e. The number of benzene rings is 4. The van der Waals surface area contributed by atoms with Crippen LogP contribution >= 0.6 is 34.4 Å². The minimum absolute atomic E-state index is 0.0168. The van der Waals surface area contributed by atoms with Crippen LogP contribution < -0.4 is 30.2 Å². The summed E-state index contributed by atoms with van der Waals surface area (Å²) in [5.41, 5.74) is 3.02. The largest absolute Gasteiger partial charge is 0.493 e. The molecule has 2 heterocycles. The molecule has 3 N–H and O–H groups in total. The second kappa shape index (κ2) is 17.6. The molecule has 0 aliphatic rings. The highest BCUT2D eigenvalue weighted by atomic mass is 32.2. The number of thioether (sulfide) groups is 1. The fourth-order valence-corrected chi connectivity index (χ4v) is 7.68. The topological polar surface area (TPSA) is 128 Å². The Bertz CT molecular complexity index is 2180. The first kappa shape index (κ1) is 36.9. The number of hydrogen-bond donors (Lipinski definition) is 3. The van der Waals surface area contributed by atoms with E-state index in [0.29, 0.717) is 39.2 Å². The summed E-state index contributed by atoms with van der Waals surface area (Å²) in [6, 6.07) is 32.6. The molecule has 0 radical (unpaired) electrons. The van der Waals surface area contributed by atoms with Crippen molar-refractivity contribution in [3.05, 3.63) is 142 Å². The van der Waals surface area contributed by atoms with Gasteiger partial charge in [-0.15, -0.1) is 34.4 Å². The molecule has 4 aromatic carbocycles. The van der Waals surface area contributed by atoms with E-state index in [1.165, 1.54) is 50.5 Å². The van der Waals surface area contributed by atoms with Crippen molar-refractivity contribution < 1.29 is 28.6 Å². The van der Waals surface area contributed by atoms with Crippen LogP contribution in [-0.2, 0) is 9.59 Å². The number of nitrogens with zero attached hydrogens (tertiary/aromatic N) is 1. The number of methoxy groups -OCH3 is 3. The zero-order chi connectivity index (χ0) is 37.2. The van der Waals surface area contributed by atoms with Gasteiger partial charge in [-0.1, -0.05) is 54.6 Å². The maximum atomic E-state index is 13.8. The van der Waals surface area contributed by atoms with Gasteiger partial charge in [0.2, 0.25) is 11.7 Å². The number of aromatic nitrogens is 1. The molecule has 53 heavy (non-hydrogen) atoms. The summed E-state index contributed by atoms with van der Waals surface area (Å²) in [5, 5.41) is 12.5. The summed E-state index contributed by atoms with van der Waals surface area (Å²) in [6.07, 6.45) is 1.53. The predicted molar refractivity (Wildman–Crippen MR) is 212 cm³/mol. The van der Waals surface area contributed by atoms with Gasteiger partial charge in [-0.05, 0) is 77.2 Å². The van der Waals surface area contributed by atoms with Crippen molar-refractivity contribution in [3.8, 4) is 27.8 Å². The maximum Gasteiger partial charge on any atom is 0.272 e. The third-order valence-corrected chi connectivity index (χ3v) is 10.7. The number of carbonyl (C=O) groups is 3. The molecule has 0 saturated heterocycles. The predicted octanol–water partition coefficient (Wildman–Crippen LogP) is 8.78. The molecule has 10 nitrogen and oxygen atoms in total. The second-order valence-corrected chi connectivity index (χ2v) is 14.2. The lowest BCUT2D eigenvalue weighted by molar-refractivity contribution is -0.116. The van der Waals surface area contributed by atoms with Crippen molar-refractivity contribution in [2.24, 2.45) is 0 Å². The van der Waals surface area contributed by atoms with Gasteiger partial charge >= 0.3 is 0 Å². The van der Waals surface area contributed by atoms with E-state index in [2.05, 4.69) is 20.9 Å². The quantitative estimate of drug-likeness (QED) is 0.0743. The third kappa shape index (κ3) is 9.32. The summed E-state index contributed by atoms with van der Waals surface area (Å²) >= 11 is 4.35. The number of thiophene rings is 1. The van der Waals surface area contributed by atoms with E-state index in [9.17, 15) is 14.4 Å². The number of amides is 3. The molecule has 0 saturated carbocycles. The van der Waals surface area contributed by atoms with Crippen molar-refractivity contribution in [2.45, 2.75) is 10.1 Å². The molecule has 0 fully saturated rings. The number of nitrogens with one attached hydrogen (secondary N) is 3. The fourth-order valence-electron chi connectivity index (χ4n) is 5.19. The summed E-state index contributed by atoms with van der Waals surface area (Å²) < 4.78 is 16.4. The SMILES string of the molecule is COc1cc(/C=C(\NC(=O)c2ccccc2)C(=O)Nc2ccc(SC(C(=O)Nc3nc(-c4cccs4)cs3)c3ccccc3)cc2)cc(OC)c1OC. The van der Waals surface area contributed by atoms with E-state index in [1.54, 1.807) is 65.9 Å². The van der Waals surface area contributed by atoms with Crippen LogP contribution in [0.3, 0.4) is 0 Å². The first-order valence-corrected chi connectivity index (χ1v) is 18.8. The highest BCUT2D eigenvalue weighted by molar-refractivity contribution is 8.00. The van der Waals surface area contributed by atoms with Gasteiger partial charge in [-0.2, -0.15) is 0 Å². The Morgan fingerprint density at radius 2 is 1.45 bits per heavy atom. The Kier molecular flexibility index (Phi) is 12.2. The van der Waals surface area contributed by atoms with Crippen LogP contribution in [0.4, 0.5) is 10.8 Å². The second-order valence-electron chi connectivity index (χ2n) is 11.2. The molecule has 1 atom stereocenters. The molecule has 3 amide bonds. The number of hydrogen-bond acceptors (Lipinski definition) is 10. The number of ether oxygens (including phenoxy) is 3. The molecule has 6 aromatic rings. The Labute approximate surface area is 318 Å². The van der Waals surface area contributed by atoms with Crippen molar-refractivity contribution in [2.75, 3.05) is 32.0 Å². The van der Waals surface area contributed by atoms with Crippen LogP contribution in [0.2, 0.25) is 0 Å². The maximum absolute atomic E-state index is 13.8. The summed E-state index contributed by atoms with van der Waals surface area (Å²) in [7, 11) is 4.49. The minimum atomic E-state index is -0.577. The van der Waals surface area contributed by atoms with Crippen molar-refractivity contribution in [1.82, 2.24) is 10.3 Å². The molecule has 13 heteroatoms. The van der Waals surface area contributed by atoms with Gasteiger partial charge < -0.3 is 30.2 Å². The zero-order valence-corrected chi connectivity index (χ0v) is 31.3. The zero-order valence-electron chi connectivity index (χ0n) is 28.8. The van der Waals surface area contributed by atoms with Gasteiger partial charge in [0.15, 0.2) is 16.6 Å². The molecule has 0 aliphatic heterocycles. The van der Waals surface area contributed by atoms with Crippen LogP contribution in [0.25, 0.3) is 16.6 Å². The molecular weight excluding hydrogens is 729 g/mol. The average Bonchev–Trinajstić information content (AvgIpc) is 3.90. The summed E-state index contributed by atoms with van der Waals surface area (Å²) in [6.45, 7) is 0. The lowest BCUT2D eigenvalue weighted by Crippen LogP contribution is -2.30. The van der Waals surface area contributed by atoms with Gasteiger partial charge in [0.1, 0.15) is 10.9 Å². The molecule has 0 spiro atoms. The first-order chi connectivity index (χ1) is 25.8. The van der Waals surface area contributed by atoms with E-state index in [1.807, 2.05) is 65.4 Å². The van der Waals surface area contributed by atoms with Crippen molar-refractivity contribution >= 4 is 69.1 Å². The Morgan fingerprint density at radius 1 is 0.774 bits per heavy atom. The molecule has 268 valence electrons. The summed E-state index contributed by atoms with van der Waals surface area (Å²) in [4.78, 5) is 47.1. The summed E-state index contributed by atoms with van der Waals surface area (Å²) in [5.74, 6) is -0.0632. The Hall–Kier alpha value is -5.89. The number of anilines is 2. The van der Waals surface area contributed by atoms with Crippen LogP contribution in [0.1, 0.15) is 26.7 Å². The van der Waals surface area contributed by atoms with Gasteiger partial charge in [-0.3, -0.25) is 14.4 Å². The number of thiazole rings is 1. The molecule has 2 aromatic heterocycles. The number of carbonyl (C=O) groups excluding carboxylic acids is 3. The van der Waals surface area contributed by atoms with Crippen LogP contribution in [0, 0.1) is 0 Å². The Morgan fingerprint density at radius 3 is 2.08 bits per heavy atom. The molecule has 0 aliphatic carbocycles. The standard InChI is InChI=1S/C40H34N4O6S3/c1-48-32-22-25(23-33(49-2)35(32)50-3)21-30(42-37(45)27-13-8-5-9-14-27)38(46)41-28-16-18-29(19-17-28)53-36(26-11-6-4-7-12-26)39(47)44-40-43-31(24-52-40)34-15-10-20-51-34/h4-24,36H,1-3H3,(H,41,46)(H,42,45)(H,43,44,47)/b30-21-. The number of rotatable bonds is 14. The van der Waals surface area contributed by atoms with Crippen LogP contribution in [0.15, 0.2) is 131 Å². The fraction of sp³-hybridized carbons (Fsp3) is 0.100. The van der Waals surface area contributed by atoms with E-state index >= 15 is 0 Å². The molecule has 0 bridgehead atoms. The van der Waals surface area contributed by atoms with Crippen molar-refractivity contribution in [1.29, 1.82) is 0 Å². The highest BCUT2D eigenvalue weighted by Gasteiger charge is 2.24. The monoisotopic (exact) mass is 762 g/mol. The van der Waals surface area contributed by atoms with Crippen LogP contribution in [0.5, 0.6) is 17.2 Å². The minimum Gasteiger partial charge on any atom is -0.493 e. The van der Waals surface area contributed by atoms with Gasteiger partial charge in [0.05, 0.1) is 31.9 Å². The van der Waals surface area contributed by atoms with E-state index in [-0.39, 0.29) is 11.6 Å². The van der Waals surface area contributed by atoms with Gasteiger partial charge in [0.25, 0.3) is 11.8 Å². The molecule has 1 unspecified atom stereocenters.